The van der Waals surface area contributed by atoms with Crippen LogP contribution < -0.4 is 10.1 Å². The number of Topliss-reactive ketones (excluding diaryl/α,β-unsaturated/α-hetero) is 1. The van der Waals surface area contributed by atoms with Gasteiger partial charge in [-0.15, -0.1) is 0 Å². The number of rotatable bonds is 1. The molecule has 3 nitrogen and oxygen atoms in total. The molecular formula is C12H12ClNO2. The van der Waals surface area contributed by atoms with Gasteiger partial charge in [0.15, 0.2) is 5.78 Å². The molecule has 0 saturated carbocycles. The Bertz CT molecular complexity index is 474. The van der Waals surface area contributed by atoms with Gasteiger partial charge in [0.25, 0.3) is 0 Å². The molecule has 0 aliphatic carbocycles. The monoisotopic (exact) mass is 237 g/mol. The molecule has 0 bridgehead atoms. The highest BCUT2D eigenvalue weighted by atomic mass is 35.5. The predicted octanol–water partition coefficient (Wildman–Crippen LogP) is 2.04. The Morgan fingerprint density at radius 1 is 1.62 bits per heavy atom. The van der Waals surface area contributed by atoms with E-state index < -0.39 is 5.54 Å². The van der Waals surface area contributed by atoms with Crippen molar-refractivity contribution >= 4 is 17.4 Å². The van der Waals surface area contributed by atoms with Gasteiger partial charge in [-0.1, -0.05) is 18.5 Å². The van der Waals surface area contributed by atoms with Crippen LogP contribution in [-0.2, 0) is 0 Å². The fourth-order valence-electron chi connectivity index (χ4n) is 2.39. The first-order valence-corrected chi connectivity index (χ1v) is 5.80. The Kier molecular flexibility index (Phi) is 2.03. The summed E-state index contributed by atoms with van der Waals surface area (Å²) < 4.78 is 5.62. The lowest BCUT2D eigenvalue weighted by molar-refractivity contribution is 0.0865. The summed E-state index contributed by atoms with van der Waals surface area (Å²) in [6.45, 7) is 2.49. The van der Waals surface area contributed by atoms with E-state index in [-0.39, 0.29) is 11.8 Å². The summed E-state index contributed by atoms with van der Waals surface area (Å²) in [5.74, 6) is 0.756. The minimum absolute atomic E-state index is 0.114. The van der Waals surface area contributed by atoms with Crippen molar-refractivity contribution in [2.24, 2.45) is 0 Å². The lowest BCUT2D eigenvalue weighted by atomic mass is 9.91. The molecule has 0 aromatic heterocycles. The average molecular weight is 238 g/mol. The molecule has 1 saturated heterocycles. The summed E-state index contributed by atoms with van der Waals surface area (Å²) in [6.07, 6.45) is 0.936. The molecule has 1 spiro atoms. The number of carbonyl (C=O) groups excluding carboxylic acids is 1. The van der Waals surface area contributed by atoms with Crippen LogP contribution >= 0.6 is 11.6 Å². The van der Waals surface area contributed by atoms with Gasteiger partial charge in [-0.3, -0.25) is 10.1 Å². The molecule has 2 aliphatic heterocycles. The lowest BCUT2D eigenvalue weighted by Gasteiger charge is -2.23. The van der Waals surface area contributed by atoms with Crippen molar-refractivity contribution in [3.63, 3.8) is 0 Å². The van der Waals surface area contributed by atoms with Gasteiger partial charge in [-0.25, -0.2) is 0 Å². The fourth-order valence-corrected chi connectivity index (χ4v) is 2.56. The molecular weight excluding hydrogens is 226 g/mol. The van der Waals surface area contributed by atoms with Gasteiger partial charge in [0.05, 0.1) is 5.56 Å². The van der Waals surface area contributed by atoms with Gasteiger partial charge in [-0.2, -0.15) is 0 Å². The van der Waals surface area contributed by atoms with E-state index in [9.17, 15) is 4.79 Å². The topological polar surface area (TPSA) is 48.2 Å². The van der Waals surface area contributed by atoms with E-state index in [4.69, 9.17) is 16.3 Å². The number of ketones is 1. The van der Waals surface area contributed by atoms with Crippen LogP contribution in [0.5, 0.6) is 5.75 Å². The van der Waals surface area contributed by atoms with Crippen molar-refractivity contribution in [2.75, 3.05) is 6.61 Å². The Hall–Kier alpha value is -1.06. The SMILES string of the molecule is CC[C@H]1N[C@@]12COc1ccc(Cl)cc1C2=O. The first kappa shape index (κ1) is 10.1. The first-order chi connectivity index (χ1) is 7.67. The van der Waals surface area contributed by atoms with Crippen LogP contribution in [0, 0.1) is 0 Å². The maximum absolute atomic E-state index is 12.3. The number of nitrogens with one attached hydrogen (secondary N) is 1. The molecule has 2 aliphatic rings. The van der Waals surface area contributed by atoms with E-state index in [1.807, 2.05) is 0 Å². The van der Waals surface area contributed by atoms with Gasteiger partial charge in [0.1, 0.15) is 17.9 Å². The fraction of sp³-hybridized carbons (Fsp3) is 0.417. The number of hydrogen-bond acceptors (Lipinski definition) is 3. The van der Waals surface area contributed by atoms with Crippen LogP contribution in [0.2, 0.25) is 5.02 Å². The average Bonchev–Trinajstić information content (AvgIpc) is 3.00. The normalized spacial score (nSPS) is 31.1. The minimum Gasteiger partial charge on any atom is -0.490 e. The largest absolute Gasteiger partial charge is 0.490 e. The highest BCUT2D eigenvalue weighted by molar-refractivity contribution is 6.31. The molecule has 2 heterocycles. The number of carbonyl (C=O) groups is 1. The third-order valence-corrected chi connectivity index (χ3v) is 3.63. The number of ether oxygens (including phenoxy) is 1. The Labute approximate surface area is 98.7 Å². The van der Waals surface area contributed by atoms with Gasteiger partial charge in [0, 0.05) is 11.1 Å². The van der Waals surface area contributed by atoms with E-state index in [2.05, 4.69) is 12.2 Å². The highest BCUT2D eigenvalue weighted by Gasteiger charge is 2.61. The molecule has 2 atom stereocenters. The van der Waals surface area contributed by atoms with Gasteiger partial charge in [0.2, 0.25) is 0 Å². The van der Waals surface area contributed by atoms with E-state index in [1.165, 1.54) is 0 Å². The molecule has 3 rings (SSSR count). The summed E-state index contributed by atoms with van der Waals surface area (Å²) in [6, 6.07) is 5.43. The van der Waals surface area contributed by atoms with Crippen molar-refractivity contribution < 1.29 is 9.53 Å². The zero-order valence-electron chi connectivity index (χ0n) is 8.92. The second-order valence-electron chi connectivity index (χ2n) is 4.33. The predicted molar refractivity (Wildman–Crippen MR) is 61.2 cm³/mol. The summed E-state index contributed by atoms with van der Waals surface area (Å²) in [4.78, 5) is 12.3. The minimum atomic E-state index is -0.480. The third-order valence-electron chi connectivity index (χ3n) is 3.40. The molecule has 84 valence electrons. The molecule has 1 aromatic carbocycles. The first-order valence-electron chi connectivity index (χ1n) is 5.42. The highest BCUT2D eigenvalue weighted by Crippen LogP contribution is 2.40. The van der Waals surface area contributed by atoms with Gasteiger partial charge < -0.3 is 4.74 Å². The summed E-state index contributed by atoms with van der Waals surface area (Å²) in [5.41, 5.74) is 0.120. The lowest BCUT2D eigenvalue weighted by Crippen LogP contribution is -2.40. The number of hydrogen-bond donors (Lipinski definition) is 1. The quantitative estimate of drug-likeness (QED) is 0.761. The Morgan fingerprint density at radius 2 is 2.44 bits per heavy atom. The summed E-state index contributed by atoms with van der Waals surface area (Å²) in [5, 5.41) is 3.80. The Balaban J connectivity index is 2.02. The smallest absolute Gasteiger partial charge is 0.191 e. The van der Waals surface area contributed by atoms with Crippen LogP contribution in [0.15, 0.2) is 18.2 Å². The van der Waals surface area contributed by atoms with Gasteiger partial charge >= 0.3 is 0 Å². The summed E-state index contributed by atoms with van der Waals surface area (Å²) >= 11 is 5.90. The van der Waals surface area contributed by atoms with Crippen molar-refractivity contribution in [2.45, 2.75) is 24.9 Å². The molecule has 1 aromatic rings. The van der Waals surface area contributed by atoms with Gasteiger partial charge in [-0.05, 0) is 24.6 Å². The maximum Gasteiger partial charge on any atom is 0.191 e. The molecule has 0 radical (unpaired) electrons. The Morgan fingerprint density at radius 3 is 3.12 bits per heavy atom. The zero-order valence-corrected chi connectivity index (χ0v) is 9.67. The van der Waals surface area contributed by atoms with E-state index >= 15 is 0 Å². The number of fused-ring (bicyclic) bond motifs is 1. The van der Waals surface area contributed by atoms with Crippen LogP contribution in [0.4, 0.5) is 0 Å². The molecule has 4 heteroatoms. The molecule has 1 fully saturated rings. The van der Waals surface area contributed by atoms with E-state index in [1.54, 1.807) is 18.2 Å². The van der Waals surface area contributed by atoms with Crippen molar-refractivity contribution in [3.8, 4) is 5.75 Å². The van der Waals surface area contributed by atoms with Crippen LogP contribution in [0.1, 0.15) is 23.7 Å². The van der Waals surface area contributed by atoms with E-state index in [0.29, 0.717) is 22.9 Å². The standard InChI is InChI=1S/C12H12ClNO2/c1-2-10-12(14-10)6-16-9-4-3-7(13)5-8(9)11(12)15/h3-5,10,14H,2,6H2,1H3/t10-,12+/m1/s1. The van der Waals surface area contributed by atoms with Crippen LogP contribution in [0.25, 0.3) is 0 Å². The molecule has 0 amide bonds. The number of benzene rings is 1. The zero-order chi connectivity index (χ0) is 11.3. The third kappa shape index (κ3) is 1.22. The van der Waals surface area contributed by atoms with Crippen LogP contribution in [0.3, 0.4) is 0 Å². The number of halogens is 1. The maximum atomic E-state index is 12.3. The molecule has 1 N–H and O–H groups in total. The molecule has 16 heavy (non-hydrogen) atoms. The molecule has 0 unspecified atom stereocenters. The summed E-state index contributed by atoms with van der Waals surface area (Å²) in [7, 11) is 0. The second-order valence-corrected chi connectivity index (χ2v) is 4.77. The second kappa shape index (κ2) is 3.22. The van der Waals surface area contributed by atoms with Crippen molar-refractivity contribution in [1.29, 1.82) is 0 Å². The van der Waals surface area contributed by atoms with E-state index in [0.717, 1.165) is 6.42 Å². The van der Waals surface area contributed by atoms with Crippen molar-refractivity contribution in [1.82, 2.24) is 5.32 Å². The van der Waals surface area contributed by atoms with Crippen molar-refractivity contribution in [3.05, 3.63) is 28.8 Å². The van der Waals surface area contributed by atoms with Crippen LogP contribution in [-0.4, -0.2) is 24.0 Å².